The lowest BCUT2D eigenvalue weighted by Gasteiger charge is -2.14. The standard InChI is InChI=1S/C16H15IO4/c1-19-14-7-11(8-15-16(14)21-9-20-15)13(18)6-10-2-4-12(17)5-3-10/h2-5,7-8,13,18H,6,9H2,1H3. The molecule has 2 aromatic rings. The minimum absolute atomic E-state index is 0.183. The van der Waals surface area contributed by atoms with E-state index in [-0.39, 0.29) is 6.79 Å². The largest absolute Gasteiger partial charge is 0.493 e. The molecule has 4 nitrogen and oxygen atoms in total. The Morgan fingerprint density at radius 1 is 1.24 bits per heavy atom. The second-order valence-corrected chi connectivity index (χ2v) is 6.05. The van der Waals surface area contributed by atoms with E-state index < -0.39 is 6.10 Å². The van der Waals surface area contributed by atoms with E-state index in [4.69, 9.17) is 14.2 Å². The van der Waals surface area contributed by atoms with E-state index in [1.54, 1.807) is 13.2 Å². The summed E-state index contributed by atoms with van der Waals surface area (Å²) in [5.74, 6) is 1.80. The zero-order valence-electron chi connectivity index (χ0n) is 11.5. The highest BCUT2D eigenvalue weighted by molar-refractivity contribution is 14.1. The highest BCUT2D eigenvalue weighted by atomic mass is 127. The second kappa shape index (κ2) is 6.11. The number of methoxy groups -OCH3 is 1. The predicted molar refractivity (Wildman–Crippen MR) is 86.9 cm³/mol. The Kier molecular flexibility index (Phi) is 4.21. The number of aliphatic hydroxyl groups is 1. The normalized spacial score (nSPS) is 14.0. The Morgan fingerprint density at radius 3 is 2.71 bits per heavy atom. The highest BCUT2D eigenvalue weighted by Gasteiger charge is 2.22. The van der Waals surface area contributed by atoms with Crippen LogP contribution in [0.4, 0.5) is 0 Å². The number of fused-ring (bicyclic) bond motifs is 1. The topological polar surface area (TPSA) is 47.9 Å². The molecule has 0 spiro atoms. The summed E-state index contributed by atoms with van der Waals surface area (Å²) >= 11 is 2.26. The number of hydrogen-bond acceptors (Lipinski definition) is 4. The molecule has 1 aliphatic heterocycles. The molecule has 0 fully saturated rings. The van der Waals surface area contributed by atoms with E-state index in [1.165, 1.54) is 3.57 Å². The summed E-state index contributed by atoms with van der Waals surface area (Å²) in [5.41, 5.74) is 1.84. The first-order valence-electron chi connectivity index (χ1n) is 6.57. The van der Waals surface area contributed by atoms with Gasteiger partial charge >= 0.3 is 0 Å². The van der Waals surface area contributed by atoms with E-state index in [0.29, 0.717) is 23.7 Å². The van der Waals surface area contributed by atoms with E-state index >= 15 is 0 Å². The Hall–Kier alpha value is -1.47. The maximum atomic E-state index is 10.4. The molecule has 3 rings (SSSR count). The van der Waals surface area contributed by atoms with E-state index in [9.17, 15) is 5.11 Å². The molecule has 1 atom stereocenters. The molecule has 5 heteroatoms. The lowest BCUT2D eigenvalue weighted by molar-refractivity contribution is 0.170. The van der Waals surface area contributed by atoms with Gasteiger partial charge in [0.15, 0.2) is 11.5 Å². The van der Waals surface area contributed by atoms with Gasteiger partial charge in [-0.05, 0) is 58.0 Å². The van der Waals surface area contributed by atoms with Gasteiger partial charge in [-0.1, -0.05) is 12.1 Å². The second-order valence-electron chi connectivity index (χ2n) is 4.80. The third kappa shape index (κ3) is 3.08. The molecule has 0 aliphatic carbocycles. The SMILES string of the molecule is COc1cc(C(O)Cc2ccc(I)cc2)cc2c1OCO2. The molecule has 0 radical (unpaired) electrons. The molecule has 0 saturated carbocycles. The van der Waals surface area contributed by atoms with Crippen molar-refractivity contribution in [3.63, 3.8) is 0 Å². The van der Waals surface area contributed by atoms with Crippen LogP contribution in [0.3, 0.4) is 0 Å². The molecule has 2 aromatic carbocycles. The van der Waals surface area contributed by atoms with Crippen molar-refractivity contribution in [2.75, 3.05) is 13.9 Å². The van der Waals surface area contributed by atoms with Crippen LogP contribution < -0.4 is 14.2 Å². The first kappa shape index (κ1) is 14.5. The number of ether oxygens (including phenoxy) is 3. The van der Waals surface area contributed by atoms with Crippen LogP contribution in [0.2, 0.25) is 0 Å². The molecule has 0 saturated heterocycles. The first-order chi connectivity index (χ1) is 10.2. The number of aliphatic hydroxyl groups excluding tert-OH is 1. The van der Waals surface area contributed by atoms with Crippen molar-refractivity contribution in [1.82, 2.24) is 0 Å². The van der Waals surface area contributed by atoms with Gasteiger partial charge in [-0.15, -0.1) is 0 Å². The first-order valence-corrected chi connectivity index (χ1v) is 7.65. The quantitative estimate of drug-likeness (QED) is 0.804. The third-order valence-corrected chi connectivity index (χ3v) is 4.13. The minimum Gasteiger partial charge on any atom is -0.493 e. The Balaban J connectivity index is 1.84. The average Bonchev–Trinajstić information content (AvgIpc) is 2.97. The molecule has 1 N–H and O–H groups in total. The van der Waals surface area contributed by atoms with E-state index in [1.807, 2.05) is 30.3 Å². The molecule has 1 heterocycles. The lowest BCUT2D eigenvalue weighted by Crippen LogP contribution is -2.02. The van der Waals surface area contributed by atoms with Crippen LogP contribution in [-0.4, -0.2) is 19.0 Å². The minimum atomic E-state index is -0.617. The number of rotatable bonds is 4. The fourth-order valence-electron chi connectivity index (χ4n) is 2.30. The Morgan fingerprint density at radius 2 is 2.00 bits per heavy atom. The van der Waals surface area contributed by atoms with Crippen molar-refractivity contribution in [3.05, 3.63) is 51.1 Å². The fraction of sp³-hybridized carbons (Fsp3) is 0.250. The molecular formula is C16H15IO4. The fourth-order valence-corrected chi connectivity index (χ4v) is 2.66. The summed E-state index contributed by atoms with van der Waals surface area (Å²) in [6, 6.07) is 11.7. The van der Waals surface area contributed by atoms with Gasteiger partial charge in [0, 0.05) is 9.99 Å². The number of benzene rings is 2. The summed E-state index contributed by atoms with van der Waals surface area (Å²) in [6.07, 6.45) is -0.0758. The van der Waals surface area contributed by atoms with Gasteiger partial charge in [0.05, 0.1) is 13.2 Å². The summed E-state index contributed by atoms with van der Waals surface area (Å²) < 4.78 is 17.2. The molecule has 1 unspecified atom stereocenters. The summed E-state index contributed by atoms with van der Waals surface area (Å²) in [7, 11) is 1.58. The van der Waals surface area contributed by atoms with Crippen LogP contribution >= 0.6 is 22.6 Å². The molecular weight excluding hydrogens is 383 g/mol. The zero-order chi connectivity index (χ0) is 14.8. The summed E-state index contributed by atoms with van der Waals surface area (Å²) in [4.78, 5) is 0. The molecule has 0 amide bonds. The van der Waals surface area contributed by atoms with Crippen molar-refractivity contribution in [1.29, 1.82) is 0 Å². The molecule has 1 aliphatic rings. The molecule has 21 heavy (non-hydrogen) atoms. The van der Waals surface area contributed by atoms with Crippen LogP contribution in [0.25, 0.3) is 0 Å². The van der Waals surface area contributed by atoms with Crippen LogP contribution in [0.5, 0.6) is 17.2 Å². The van der Waals surface area contributed by atoms with Gasteiger partial charge in [0.25, 0.3) is 0 Å². The molecule has 110 valence electrons. The van der Waals surface area contributed by atoms with E-state index in [0.717, 1.165) is 11.1 Å². The highest BCUT2D eigenvalue weighted by Crippen LogP contribution is 2.43. The molecule has 0 aromatic heterocycles. The zero-order valence-corrected chi connectivity index (χ0v) is 13.7. The van der Waals surface area contributed by atoms with Crippen LogP contribution in [0.15, 0.2) is 36.4 Å². The average molecular weight is 398 g/mol. The number of hydrogen-bond donors (Lipinski definition) is 1. The van der Waals surface area contributed by atoms with Crippen LogP contribution in [0, 0.1) is 3.57 Å². The van der Waals surface area contributed by atoms with Gasteiger partial charge in [-0.3, -0.25) is 0 Å². The summed E-state index contributed by atoms with van der Waals surface area (Å²) in [5, 5.41) is 10.4. The summed E-state index contributed by atoms with van der Waals surface area (Å²) in [6.45, 7) is 0.183. The van der Waals surface area contributed by atoms with Crippen molar-refractivity contribution < 1.29 is 19.3 Å². The van der Waals surface area contributed by atoms with Crippen LogP contribution in [-0.2, 0) is 6.42 Å². The Bertz CT molecular complexity index is 639. The van der Waals surface area contributed by atoms with Crippen molar-refractivity contribution in [3.8, 4) is 17.2 Å². The van der Waals surface area contributed by atoms with Crippen molar-refractivity contribution >= 4 is 22.6 Å². The lowest BCUT2D eigenvalue weighted by atomic mass is 10.0. The smallest absolute Gasteiger partial charge is 0.231 e. The maximum Gasteiger partial charge on any atom is 0.231 e. The van der Waals surface area contributed by atoms with Gasteiger partial charge in [-0.25, -0.2) is 0 Å². The van der Waals surface area contributed by atoms with Gasteiger partial charge in [-0.2, -0.15) is 0 Å². The Labute approximate surface area is 136 Å². The van der Waals surface area contributed by atoms with Crippen molar-refractivity contribution in [2.24, 2.45) is 0 Å². The monoisotopic (exact) mass is 398 g/mol. The third-order valence-electron chi connectivity index (χ3n) is 3.41. The molecule has 0 bridgehead atoms. The van der Waals surface area contributed by atoms with Gasteiger partial charge in [0.1, 0.15) is 0 Å². The maximum absolute atomic E-state index is 10.4. The van der Waals surface area contributed by atoms with Gasteiger partial charge < -0.3 is 19.3 Å². The van der Waals surface area contributed by atoms with Crippen LogP contribution in [0.1, 0.15) is 17.2 Å². The van der Waals surface area contributed by atoms with E-state index in [2.05, 4.69) is 22.6 Å². The van der Waals surface area contributed by atoms with Gasteiger partial charge in [0.2, 0.25) is 12.5 Å². The predicted octanol–water partition coefficient (Wildman–Crippen LogP) is 3.30. The van der Waals surface area contributed by atoms with Crippen molar-refractivity contribution in [2.45, 2.75) is 12.5 Å². The number of halogens is 1.